The van der Waals surface area contributed by atoms with Crippen molar-refractivity contribution >= 4 is 44.8 Å². The molecule has 0 bridgehead atoms. The van der Waals surface area contributed by atoms with Crippen molar-refractivity contribution in [3.63, 3.8) is 0 Å². The molecule has 1 N–H and O–H groups in total. The Balaban J connectivity index is 2.05. The van der Waals surface area contributed by atoms with Crippen LogP contribution in [0.25, 0.3) is 0 Å². The summed E-state index contributed by atoms with van der Waals surface area (Å²) in [6, 6.07) is 9.26. The van der Waals surface area contributed by atoms with Crippen LogP contribution in [0.4, 0.5) is 5.69 Å². The van der Waals surface area contributed by atoms with Gasteiger partial charge in [0.2, 0.25) is 15.9 Å². The van der Waals surface area contributed by atoms with Crippen LogP contribution in [0.5, 0.6) is 5.75 Å². The standard InChI is InChI=1S/C20H24Cl2N2O4S/c1-13-5-6-14(2)19(9-13)28-8-7-23-20(25)15(3)24(29(4,26)27)18-11-16(21)10-17(22)12-18/h5-6,9-12,15H,7-8H2,1-4H3,(H,23,25). The van der Waals surface area contributed by atoms with Crippen molar-refractivity contribution in [2.45, 2.75) is 26.8 Å². The van der Waals surface area contributed by atoms with Gasteiger partial charge in [0.1, 0.15) is 18.4 Å². The highest BCUT2D eigenvalue weighted by Crippen LogP contribution is 2.28. The van der Waals surface area contributed by atoms with Gasteiger partial charge in [-0.25, -0.2) is 8.42 Å². The zero-order valence-electron chi connectivity index (χ0n) is 16.7. The van der Waals surface area contributed by atoms with E-state index in [1.807, 2.05) is 32.0 Å². The van der Waals surface area contributed by atoms with Crippen LogP contribution in [0.3, 0.4) is 0 Å². The SMILES string of the molecule is Cc1ccc(C)c(OCCNC(=O)C(C)N(c2cc(Cl)cc(Cl)c2)S(C)(=O)=O)c1. The Morgan fingerprint density at radius 1 is 1.14 bits per heavy atom. The fourth-order valence-electron chi connectivity index (χ4n) is 2.82. The largest absolute Gasteiger partial charge is 0.491 e. The Morgan fingerprint density at radius 3 is 2.34 bits per heavy atom. The Morgan fingerprint density at radius 2 is 1.76 bits per heavy atom. The number of halogens is 2. The lowest BCUT2D eigenvalue weighted by Gasteiger charge is -2.28. The van der Waals surface area contributed by atoms with Crippen LogP contribution in [-0.4, -0.2) is 39.8 Å². The van der Waals surface area contributed by atoms with E-state index >= 15 is 0 Å². The molecule has 0 radical (unpaired) electrons. The zero-order chi connectivity index (χ0) is 21.8. The quantitative estimate of drug-likeness (QED) is 0.607. The number of hydrogen-bond donors (Lipinski definition) is 1. The van der Waals surface area contributed by atoms with E-state index in [0.29, 0.717) is 0 Å². The van der Waals surface area contributed by atoms with Crippen molar-refractivity contribution in [2.75, 3.05) is 23.7 Å². The molecule has 2 rings (SSSR count). The van der Waals surface area contributed by atoms with Crippen LogP contribution in [-0.2, 0) is 14.8 Å². The zero-order valence-corrected chi connectivity index (χ0v) is 19.0. The lowest BCUT2D eigenvalue weighted by atomic mass is 10.1. The second-order valence-electron chi connectivity index (χ2n) is 6.77. The highest BCUT2D eigenvalue weighted by Gasteiger charge is 2.29. The van der Waals surface area contributed by atoms with Crippen molar-refractivity contribution in [1.29, 1.82) is 0 Å². The van der Waals surface area contributed by atoms with Gasteiger partial charge in [0.25, 0.3) is 0 Å². The monoisotopic (exact) mass is 458 g/mol. The van der Waals surface area contributed by atoms with Crippen LogP contribution in [0.1, 0.15) is 18.1 Å². The summed E-state index contributed by atoms with van der Waals surface area (Å²) < 4.78 is 31.3. The average molecular weight is 459 g/mol. The first-order valence-corrected chi connectivity index (χ1v) is 11.5. The van der Waals surface area contributed by atoms with Crippen molar-refractivity contribution < 1.29 is 17.9 Å². The topological polar surface area (TPSA) is 75.7 Å². The maximum absolute atomic E-state index is 12.6. The summed E-state index contributed by atoms with van der Waals surface area (Å²) in [5, 5.41) is 3.25. The predicted octanol–water partition coefficient (Wildman–Crippen LogP) is 3.96. The van der Waals surface area contributed by atoms with E-state index in [1.54, 1.807) is 0 Å². The molecule has 6 nitrogen and oxygen atoms in total. The number of carbonyl (C=O) groups excluding carboxylic acids is 1. The summed E-state index contributed by atoms with van der Waals surface area (Å²) in [4.78, 5) is 12.6. The summed E-state index contributed by atoms with van der Waals surface area (Å²) in [5.41, 5.74) is 2.29. The van der Waals surface area contributed by atoms with E-state index in [9.17, 15) is 13.2 Å². The summed E-state index contributed by atoms with van der Waals surface area (Å²) in [6.45, 7) is 5.89. The van der Waals surface area contributed by atoms with Gasteiger partial charge >= 0.3 is 0 Å². The minimum atomic E-state index is -3.76. The minimum absolute atomic E-state index is 0.222. The number of hydrogen-bond acceptors (Lipinski definition) is 4. The number of sulfonamides is 1. The van der Waals surface area contributed by atoms with Crippen molar-refractivity contribution in [2.24, 2.45) is 0 Å². The minimum Gasteiger partial charge on any atom is -0.491 e. The Bertz CT molecular complexity index is 976. The molecule has 0 heterocycles. The van der Waals surface area contributed by atoms with E-state index in [4.69, 9.17) is 27.9 Å². The molecule has 158 valence electrons. The molecule has 0 aliphatic rings. The van der Waals surface area contributed by atoms with E-state index in [0.717, 1.165) is 27.4 Å². The van der Waals surface area contributed by atoms with Crippen molar-refractivity contribution in [3.05, 3.63) is 57.6 Å². The number of carbonyl (C=O) groups is 1. The molecule has 1 unspecified atom stereocenters. The molecule has 9 heteroatoms. The van der Waals surface area contributed by atoms with E-state index < -0.39 is 22.0 Å². The molecular formula is C20H24Cl2N2O4S. The van der Waals surface area contributed by atoms with E-state index in [-0.39, 0.29) is 28.9 Å². The van der Waals surface area contributed by atoms with Gasteiger partial charge < -0.3 is 10.1 Å². The first-order chi connectivity index (χ1) is 13.5. The van der Waals surface area contributed by atoms with E-state index in [2.05, 4.69) is 5.32 Å². The third-order valence-corrected chi connectivity index (χ3v) is 5.87. The number of benzene rings is 2. The van der Waals surface area contributed by atoms with Gasteiger partial charge in [-0.1, -0.05) is 35.3 Å². The molecule has 1 atom stereocenters. The van der Waals surface area contributed by atoms with Crippen LogP contribution in [0.2, 0.25) is 10.0 Å². The van der Waals surface area contributed by atoms with Crippen LogP contribution >= 0.6 is 23.2 Å². The lowest BCUT2D eigenvalue weighted by Crippen LogP contribution is -2.48. The third-order valence-electron chi connectivity index (χ3n) is 4.19. The van der Waals surface area contributed by atoms with Crippen LogP contribution in [0, 0.1) is 13.8 Å². The third kappa shape index (κ3) is 6.52. The molecule has 0 fully saturated rings. The number of aryl methyl sites for hydroxylation is 2. The number of anilines is 1. The fraction of sp³-hybridized carbons (Fsp3) is 0.350. The lowest BCUT2D eigenvalue weighted by molar-refractivity contribution is -0.121. The summed E-state index contributed by atoms with van der Waals surface area (Å²) in [7, 11) is -3.76. The molecule has 2 aromatic carbocycles. The summed E-state index contributed by atoms with van der Waals surface area (Å²) >= 11 is 12.0. The molecule has 1 amide bonds. The van der Waals surface area contributed by atoms with Gasteiger partial charge in [-0.05, 0) is 56.2 Å². The molecule has 0 aliphatic heterocycles. The Kier molecular flexibility index (Phi) is 7.80. The predicted molar refractivity (Wildman–Crippen MR) is 118 cm³/mol. The Labute approximate surface area is 181 Å². The maximum Gasteiger partial charge on any atom is 0.243 e. The molecule has 0 aliphatic carbocycles. The average Bonchev–Trinajstić information content (AvgIpc) is 2.59. The first kappa shape index (κ1) is 23.3. The van der Waals surface area contributed by atoms with Gasteiger partial charge in [-0.15, -0.1) is 0 Å². The highest BCUT2D eigenvalue weighted by molar-refractivity contribution is 7.92. The summed E-state index contributed by atoms with van der Waals surface area (Å²) in [5.74, 6) is 0.287. The molecule has 29 heavy (non-hydrogen) atoms. The van der Waals surface area contributed by atoms with Crippen LogP contribution in [0.15, 0.2) is 36.4 Å². The second kappa shape index (κ2) is 9.69. The van der Waals surface area contributed by atoms with Gasteiger partial charge in [0, 0.05) is 10.0 Å². The fourth-order valence-corrected chi connectivity index (χ4v) is 4.49. The summed E-state index contributed by atoms with van der Waals surface area (Å²) in [6.07, 6.45) is 1.02. The van der Waals surface area contributed by atoms with Gasteiger partial charge in [0.05, 0.1) is 18.5 Å². The molecule has 0 saturated carbocycles. The molecule has 0 saturated heterocycles. The van der Waals surface area contributed by atoms with Crippen molar-refractivity contribution in [3.8, 4) is 5.75 Å². The second-order valence-corrected chi connectivity index (χ2v) is 9.50. The van der Waals surface area contributed by atoms with Gasteiger partial charge in [0.15, 0.2) is 0 Å². The van der Waals surface area contributed by atoms with Gasteiger partial charge in [-0.2, -0.15) is 0 Å². The molecule has 0 spiro atoms. The molecule has 0 aromatic heterocycles. The number of amides is 1. The van der Waals surface area contributed by atoms with Gasteiger partial charge in [-0.3, -0.25) is 9.10 Å². The first-order valence-electron chi connectivity index (χ1n) is 8.92. The normalized spacial score (nSPS) is 12.3. The number of nitrogens with one attached hydrogen (secondary N) is 1. The number of nitrogens with zero attached hydrogens (tertiary/aromatic N) is 1. The molecular weight excluding hydrogens is 435 g/mol. The number of rotatable bonds is 8. The van der Waals surface area contributed by atoms with Crippen LogP contribution < -0.4 is 14.4 Å². The Hall–Kier alpha value is -1.96. The smallest absolute Gasteiger partial charge is 0.243 e. The maximum atomic E-state index is 12.6. The van der Waals surface area contributed by atoms with E-state index in [1.165, 1.54) is 25.1 Å². The highest BCUT2D eigenvalue weighted by atomic mass is 35.5. The number of ether oxygens (including phenoxy) is 1. The molecule has 2 aromatic rings. The van der Waals surface area contributed by atoms with Crippen molar-refractivity contribution in [1.82, 2.24) is 5.32 Å².